The second-order valence-corrected chi connectivity index (χ2v) is 11.1. The van der Waals surface area contributed by atoms with Gasteiger partial charge in [-0.25, -0.2) is 13.8 Å². The quantitative estimate of drug-likeness (QED) is 0.225. The molecule has 7 nitrogen and oxygen atoms in total. The van der Waals surface area contributed by atoms with Crippen LogP contribution in [0.15, 0.2) is 88.9 Å². The van der Waals surface area contributed by atoms with Crippen molar-refractivity contribution < 1.29 is 13.2 Å². The van der Waals surface area contributed by atoms with Crippen molar-refractivity contribution >= 4 is 51.0 Å². The van der Waals surface area contributed by atoms with Gasteiger partial charge in [-0.2, -0.15) is 5.10 Å². The van der Waals surface area contributed by atoms with E-state index in [1.165, 1.54) is 23.5 Å². The fourth-order valence-corrected chi connectivity index (χ4v) is 5.47. The maximum Gasteiger partial charge on any atom is 0.271 e. The largest absolute Gasteiger partial charge is 0.316 e. The van der Waals surface area contributed by atoms with Gasteiger partial charge in [-0.3, -0.25) is 9.10 Å². The molecular formula is C27H24Cl2N4O3S. The van der Waals surface area contributed by atoms with Gasteiger partial charge in [0.2, 0.25) is 0 Å². The smallest absolute Gasteiger partial charge is 0.271 e. The summed E-state index contributed by atoms with van der Waals surface area (Å²) in [6, 6.07) is 21.6. The van der Waals surface area contributed by atoms with Gasteiger partial charge in [0, 0.05) is 34.6 Å². The fourth-order valence-electron chi connectivity index (χ4n) is 3.88. The third-order valence-corrected chi connectivity index (χ3v) is 8.24. The van der Waals surface area contributed by atoms with Gasteiger partial charge in [0.1, 0.15) is 0 Å². The summed E-state index contributed by atoms with van der Waals surface area (Å²) in [6.45, 7) is 3.86. The number of hydrazone groups is 1. The number of hydrogen-bond acceptors (Lipinski definition) is 4. The highest BCUT2D eigenvalue weighted by Crippen LogP contribution is 2.28. The highest BCUT2D eigenvalue weighted by molar-refractivity contribution is 7.92. The molecule has 1 N–H and O–H groups in total. The molecule has 0 spiro atoms. The van der Waals surface area contributed by atoms with Gasteiger partial charge in [-0.05, 0) is 74.5 Å². The van der Waals surface area contributed by atoms with E-state index < -0.39 is 15.9 Å². The van der Waals surface area contributed by atoms with Gasteiger partial charge in [-0.1, -0.05) is 41.4 Å². The number of rotatable bonds is 7. The monoisotopic (exact) mass is 554 g/mol. The first-order valence-electron chi connectivity index (χ1n) is 11.2. The van der Waals surface area contributed by atoms with Crippen molar-refractivity contribution in [2.45, 2.75) is 18.7 Å². The molecule has 1 heterocycles. The molecule has 1 amide bonds. The van der Waals surface area contributed by atoms with E-state index in [1.807, 2.05) is 24.5 Å². The summed E-state index contributed by atoms with van der Waals surface area (Å²) in [4.78, 5) is 12.8. The van der Waals surface area contributed by atoms with Crippen molar-refractivity contribution in [3.63, 3.8) is 0 Å². The van der Waals surface area contributed by atoms with Gasteiger partial charge < -0.3 is 4.57 Å². The Morgan fingerprint density at radius 1 is 0.973 bits per heavy atom. The molecule has 0 aliphatic heterocycles. The minimum Gasteiger partial charge on any atom is -0.316 e. The Morgan fingerprint density at radius 3 is 2.32 bits per heavy atom. The number of aryl methyl sites for hydroxylation is 1. The Labute approximate surface area is 226 Å². The third kappa shape index (κ3) is 5.56. The lowest BCUT2D eigenvalue weighted by Gasteiger charge is -2.19. The third-order valence-electron chi connectivity index (χ3n) is 5.88. The zero-order chi connectivity index (χ0) is 26.7. The van der Waals surface area contributed by atoms with Crippen LogP contribution in [-0.2, 0) is 10.0 Å². The summed E-state index contributed by atoms with van der Waals surface area (Å²) in [5.74, 6) is -0.428. The Kier molecular flexibility index (Phi) is 7.73. The fraction of sp³-hybridized carbons (Fsp3) is 0.111. The molecule has 0 unspecified atom stereocenters. The molecule has 190 valence electrons. The first-order valence-corrected chi connectivity index (χ1v) is 13.4. The number of aromatic nitrogens is 1. The van der Waals surface area contributed by atoms with Crippen molar-refractivity contribution in [3.05, 3.63) is 111 Å². The van der Waals surface area contributed by atoms with Crippen molar-refractivity contribution in [1.29, 1.82) is 0 Å². The van der Waals surface area contributed by atoms with Crippen LogP contribution in [0.2, 0.25) is 10.0 Å². The molecule has 0 aliphatic carbocycles. The maximum absolute atomic E-state index is 12.8. The summed E-state index contributed by atoms with van der Waals surface area (Å²) in [5.41, 5.74) is 6.64. The van der Waals surface area contributed by atoms with Crippen LogP contribution in [0.5, 0.6) is 0 Å². The molecule has 4 aromatic rings. The summed E-state index contributed by atoms with van der Waals surface area (Å²) in [5, 5.41) is 5.24. The number of anilines is 1. The standard InChI is InChI=1S/C27H24Cl2N4O3S/c1-18-15-21(19(2)33(18)26-16-22(28)11-14-25(26)29)17-30-31-27(34)20-9-12-23(13-10-20)32(3)37(35,36)24-7-5-4-6-8-24/h4-17H,1-3H3,(H,31,34)/b30-17+. The Morgan fingerprint density at radius 2 is 1.65 bits per heavy atom. The Balaban J connectivity index is 1.46. The predicted octanol–water partition coefficient (Wildman–Crippen LogP) is 5.99. The highest BCUT2D eigenvalue weighted by Gasteiger charge is 2.21. The summed E-state index contributed by atoms with van der Waals surface area (Å²) in [6.07, 6.45) is 1.56. The van der Waals surface area contributed by atoms with Crippen LogP contribution in [0.1, 0.15) is 27.3 Å². The molecule has 0 radical (unpaired) electrons. The average molecular weight is 555 g/mol. The number of nitrogens with one attached hydrogen (secondary N) is 1. The number of sulfonamides is 1. The van der Waals surface area contributed by atoms with Crippen molar-refractivity contribution in [1.82, 2.24) is 9.99 Å². The van der Waals surface area contributed by atoms with Crippen LogP contribution in [0, 0.1) is 13.8 Å². The highest BCUT2D eigenvalue weighted by atomic mass is 35.5. The van der Waals surface area contributed by atoms with E-state index in [2.05, 4.69) is 10.5 Å². The van der Waals surface area contributed by atoms with Gasteiger partial charge in [0.15, 0.2) is 0 Å². The van der Waals surface area contributed by atoms with Crippen LogP contribution in [0.4, 0.5) is 5.69 Å². The maximum atomic E-state index is 12.8. The second-order valence-electron chi connectivity index (χ2n) is 8.29. The number of carbonyl (C=O) groups excluding carboxylic acids is 1. The summed E-state index contributed by atoms with van der Waals surface area (Å²) in [7, 11) is -2.24. The lowest BCUT2D eigenvalue weighted by molar-refractivity contribution is 0.0955. The van der Waals surface area contributed by atoms with Gasteiger partial charge in [0.25, 0.3) is 15.9 Å². The second kappa shape index (κ2) is 10.8. The first-order chi connectivity index (χ1) is 17.6. The van der Waals surface area contributed by atoms with E-state index in [0.29, 0.717) is 21.3 Å². The minimum absolute atomic E-state index is 0.186. The molecule has 10 heteroatoms. The lowest BCUT2D eigenvalue weighted by Crippen LogP contribution is -2.26. The van der Waals surface area contributed by atoms with Crippen LogP contribution in [0.25, 0.3) is 5.69 Å². The lowest BCUT2D eigenvalue weighted by atomic mass is 10.2. The van der Waals surface area contributed by atoms with E-state index in [9.17, 15) is 13.2 Å². The van der Waals surface area contributed by atoms with Crippen LogP contribution < -0.4 is 9.73 Å². The first kappa shape index (κ1) is 26.5. The number of nitrogens with zero attached hydrogens (tertiary/aromatic N) is 3. The van der Waals surface area contributed by atoms with E-state index in [1.54, 1.807) is 66.9 Å². The molecular weight excluding hydrogens is 531 g/mol. The van der Waals surface area contributed by atoms with Gasteiger partial charge >= 0.3 is 0 Å². The van der Waals surface area contributed by atoms with E-state index in [4.69, 9.17) is 23.2 Å². The van der Waals surface area contributed by atoms with Gasteiger partial charge in [0.05, 0.1) is 27.5 Å². The molecule has 0 saturated carbocycles. The topological polar surface area (TPSA) is 83.8 Å². The number of carbonyl (C=O) groups is 1. The van der Waals surface area contributed by atoms with E-state index >= 15 is 0 Å². The zero-order valence-corrected chi connectivity index (χ0v) is 22.6. The van der Waals surface area contributed by atoms with Gasteiger partial charge in [-0.15, -0.1) is 0 Å². The Hall–Kier alpha value is -3.59. The molecule has 3 aromatic carbocycles. The molecule has 0 saturated heterocycles. The predicted molar refractivity (Wildman–Crippen MR) is 149 cm³/mol. The van der Waals surface area contributed by atoms with Crippen molar-refractivity contribution in [3.8, 4) is 5.69 Å². The van der Waals surface area contributed by atoms with E-state index in [0.717, 1.165) is 22.6 Å². The normalized spacial score (nSPS) is 11.6. The average Bonchev–Trinajstić information content (AvgIpc) is 3.18. The van der Waals surface area contributed by atoms with Crippen LogP contribution >= 0.6 is 23.2 Å². The molecule has 37 heavy (non-hydrogen) atoms. The Bertz CT molecular complexity index is 1580. The van der Waals surface area contributed by atoms with Crippen molar-refractivity contribution in [2.24, 2.45) is 5.10 Å². The number of hydrogen-bond donors (Lipinski definition) is 1. The number of benzene rings is 3. The molecule has 0 atom stereocenters. The SMILES string of the molecule is Cc1cc(/C=N/NC(=O)c2ccc(N(C)S(=O)(=O)c3ccccc3)cc2)c(C)n1-c1cc(Cl)ccc1Cl. The summed E-state index contributed by atoms with van der Waals surface area (Å²) >= 11 is 12.5. The molecule has 1 aromatic heterocycles. The van der Waals surface area contributed by atoms with Crippen LogP contribution in [-0.4, -0.2) is 32.2 Å². The minimum atomic E-state index is -3.71. The molecule has 0 aliphatic rings. The molecule has 0 fully saturated rings. The van der Waals surface area contributed by atoms with Crippen LogP contribution in [0.3, 0.4) is 0 Å². The number of halogens is 2. The summed E-state index contributed by atoms with van der Waals surface area (Å²) < 4.78 is 28.8. The number of amides is 1. The molecule has 4 rings (SSSR count). The molecule has 0 bridgehead atoms. The van der Waals surface area contributed by atoms with E-state index in [-0.39, 0.29) is 4.90 Å². The van der Waals surface area contributed by atoms with Crippen molar-refractivity contribution in [2.75, 3.05) is 11.4 Å². The zero-order valence-electron chi connectivity index (χ0n) is 20.3.